The molecule has 0 radical (unpaired) electrons. The number of anilines is 1. The van der Waals surface area contributed by atoms with Gasteiger partial charge in [0.05, 0.1) is 16.1 Å². The van der Waals surface area contributed by atoms with Gasteiger partial charge in [-0.2, -0.15) is 13.2 Å². The van der Waals surface area contributed by atoms with Crippen LogP contribution in [0.25, 0.3) is 0 Å². The molecule has 1 fully saturated rings. The van der Waals surface area contributed by atoms with Gasteiger partial charge in [0.15, 0.2) is 0 Å². The Morgan fingerprint density at radius 2 is 1.73 bits per heavy atom. The van der Waals surface area contributed by atoms with Gasteiger partial charge in [-0.1, -0.05) is 23.2 Å². The number of pyridine rings is 2. The second-order valence-electron chi connectivity index (χ2n) is 5.68. The van der Waals surface area contributed by atoms with E-state index in [1.54, 1.807) is 15.9 Å². The predicted octanol–water partition coefficient (Wildman–Crippen LogP) is 3.76. The normalized spacial score (nSPS) is 15.3. The molecule has 2 aromatic heterocycles. The lowest BCUT2D eigenvalue weighted by Gasteiger charge is -2.35. The molecule has 3 heterocycles. The highest BCUT2D eigenvalue weighted by atomic mass is 35.5. The fourth-order valence-corrected chi connectivity index (χ4v) is 3.02. The standard InChI is InChI=1S/C16H13Cl2F3N4O/c17-12-7-11(16(19,20)21)9-23-14(12)24-3-5-25(6-4-24)15(26)10-1-2-13(18)22-8-10/h1-2,7-9H,3-6H2. The van der Waals surface area contributed by atoms with E-state index in [2.05, 4.69) is 9.97 Å². The van der Waals surface area contributed by atoms with Crippen molar-refractivity contribution in [1.29, 1.82) is 0 Å². The second-order valence-corrected chi connectivity index (χ2v) is 6.47. The first-order chi connectivity index (χ1) is 12.3. The minimum Gasteiger partial charge on any atom is -0.352 e. The molecule has 5 nitrogen and oxygen atoms in total. The molecule has 0 unspecified atom stereocenters. The van der Waals surface area contributed by atoms with Crippen molar-refractivity contribution in [3.05, 3.63) is 51.9 Å². The number of piperazine rings is 1. The van der Waals surface area contributed by atoms with Crippen molar-refractivity contribution in [3.63, 3.8) is 0 Å². The Bertz CT molecular complexity index is 806. The van der Waals surface area contributed by atoms with Gasteiger partial charge in [0, 0.05) is 38.6 Å². The fraction of sp³-hybridized carbons (Fsp3) is 0.312. The van der Waals surface area contributed by atoms with E-state index in [4.69, 9.17) is 23.2 Å². The van der Waals surface area contributed by atoms with Gasteiger partial charge in [0.1, 0.15) is 11.0 Å². The van der Waals surface area contributed by atoms with Crippen LogP contribution in [0.3, 0.4) is 0 Å². The number of rotatable bonds is 2. The molecule has 1 saturated heterocycles. The number of carbonyl (C=O) groups excluding carboxylic acids is 1. The molecule has 1 amide bonds. The molecule has 0 N–H and O–H groups in total. The largest absolute Gasteiger partial charge is 0.417 e. The zero-order chi connectivity index (χ0) is 18.9. The zero-order valence-electron chi connectivity index (χ0n) is 13.3. The summed E-state index contributed by atoms with van der Waals surface area (Å²) >= 11 is 11.7. The van der Waals surface area contributed by atoms with Crippen molar-refractivity contribution in [2.24, 2.45) is 0 Å². The molecule has 10 heteroatoms. The lowest BCUT2D eigenvalue weighted by Crippen LogP contribution is -2.49. The van der Waals surface area contributed by atoms with Crippen LogP contribution >= 0.6 is 23.2 Å². The average molecular weight is 405 g/mol. The van der Waals surface area contributed by atoms with Gasteiger partial charge < -0.3 is 9.80 Å². The first-order valence-corrected chi connectivity index (χ1v) is 8.40. The Labute approximate surface area is 157 Å². The number of carbonyl (C=O) groups is 1. The van der Waals surface area contributed by atoms with E-state index in [0.717, 1.165) is 12.3 Å². The van der Waals surface area contributed by atoms with Gasteiger partial charge in [0.25, 0.3) is 5.91 Å². The van der Waals surface area contributed by atoms with E-state index >= 15 is 0 Å². The van der Waals surface area contributed by atoms with Crippen molar-refractivity contribution in [1.82, 2.24) is 14.9 Å². The Morgan fingerprint density at radius 3 is 2.27 bits per heavy atom. The highest BCUT2D eigenvalue weighted by Gasteiger charge is 2.32. The summed E-state index contributed by atoms with van der Waals surface area (Å²) in [6, 6.07) is 4.00. The quantitative estimate of drug-likeness (QED) is 0.714. The Morgan fingerprint density at radius 1 is 1.04 bits per heavy atom. The van der Waals surface area contributed by atoms with Crippen molar-refractivity contribution in [2.75, 3.05) is 31.1 Å². The van der Waals surface area contributed by atoms with Gasteiger partial charge in [-0.15, -0.1) is 0 Å². The van der Waals surface area contributed by atoms with Crippen LogP contribution < -0.4 is 4.90 Å². The number of hydrogen-bond acceptors (Lipinski definition) is 4. The highest BCUT2D eigenvalue weighted by Crippen LogP contribution is 2.33. The topological polar surface area (TPSA) is 49.3 Å². The number of halogens is 5. The first kappa shape index (κ1) is 18.7. The highest BCUT2D eigenvalue weighted by molar-refractivity contribution is 6.33. The van der Waals surface area contributed by atoms with Crippen LogP contribution in [0.15, 0.2) is 30.6 Å². The maximum Gasteiger partial charge on any atom is 0.417 e. The summed E-state index contributed by atoms with van der Waals surface area (Å²) in [6.45, 7) is 1.59. The van der Waals surface area contributed by atoms with E-state index in [1.807, 2.05) is 0 Å². The fourth-order valence-electron chi connectivity index (χ4n) is 2.62. The molecular weight excluding hydrogens is 392 g/mol. The van der Waals surface area contributed by atoms with Crippen LogP contribution in [0, 0.1) is 0 Å². The smallest absolute Gasteiger partial charge is 0.352 e. The Kier molecular flexibility index (Phi) is 5.24. The minimum absolute atomic E-state index is 0.0681. The van der Waals surface area contributed by atoms with Gasteiger partial charge in [-0.05, 0) is 18.2 Å². The molecule has 138 valence electrons. The third-order valence-corrected chi connectivity index (χ3v) is 4.49. The third kappa shape index (κ3) is 4.02. The molecule has 0 aromatic carbocycles. The first-order valence-electron chi connectivity index (χ1n) is 7.64. The van der Waals surface area contributed by atoms with Crippen LogP contribution in [0.1, 0.15) is 15.9 Å². The molecule has 26 heavy (non-hydrogen) atoms. The molecule has 1 aliphatic heterocycles. The molecule has 3 rings (SSSR count). The summed E-state index contributed by atoms with van der Waals surface area (Å²) in [5, 5.41) is 0.232. The summed E-state index contributed by atoms with van der Waals surface area (Å²) in [7, 11) is 0. The monoisotopic (exact) mass is 404 g/mol. The van der Waals surface area contributed by atoms with Crippen molar-refractivity contribution >= 4 is 34.9 Å². The second kappa shape index (κ2) is 7.28. The zero-order valence-corrected chi connectivity index (χ0v) is 14.8. The van der Waals surface area contributed by atoms with Crippen molar-refractivity contribution in [3.8, 4) is 0 Å². The van der Waals surface area contributed by atoms with E-state index in [0.29, 0.717) is 36.9 Å². The molecule has 0 bridgehead atoms. The number of hydrogen-bond donors (Lipinski definition) is 0. The lowest BCUT2D eigenvalue weighted by atomic mass is 10.2. The molecule has 0 spiro atoms. The minimum atomic E-state index is -4.49. The van der Waals surface area contributed by atoms with E-state index in [-0.39, 0.29) is 16.7 Å². The number of aromatic nitrogens is 2. The van der Waals surface area contributed by atoms with Crippen LogP contribution in [0.2, 0.25) is 10.2 Å². The van der Waals surface area contributed by atoms with Crippen LogP contribution in [0.4, 0.5) is 19.0 Å². The predicted molar refractivity (Wildman–Crippen MR) is 91.6 cm³/mol. The van der Waals surface area contributed by atoms with E-state index in [9.17, 15) is 18.0 Å². The molecular formula is C16H13Cl2F3N4O. The summed E-state index contributed by atoms with van der Waals surface area (Å²) in [6.07, 6.45) is -2.32. The molecule has 0 atom stereocenters. The molecule has 2 aromatic rings. The average Bonchev–Trinajstić information content (AvgIpc) is 2.61. The number of amides is 1. The van der Waals surface area contributed by atoms with Crippen molar-refractivity contribution in [2.45, 2.75) is 6.18 Å². The summed E-state index contributed by atoms with van der Waals surface area (Å²) in [4.78, 5) is 23.6. The molecule has 0 aliphatic carbocycles. The van der Waals surface area contributed by atoms with Crippen molar-refractivity contribution < 1.29 is 18.0 Å². The Hall–Kier alpha value is -2.06. The SMILES string of the molecule is O=C(c1ccc(Cl)nc1)N1CCN(c2ncc(C(F)(F)F)cc2Cl)CC1. The van der Waals surface area contributed by atoms with Gasteiger partial charge >= 0.3 is 6.18 Å². The third-order valence-electron chi connectivity index (χ3n) is 3.99. The van der Waals surface area contributed by atoms with Crippen LogP contribution in [-0.2, 0) is 6.18 Å². The van der Waals surface area contributed by atoms with E-state index < -0.39 is 11.7 Å². The lowest BCUT2D eigenvalue weighted by molar-refractivity contribution is -0.137. The number of nitrogens with zero attached hydrogens (tertiary/aromatic N) is 4. The maximum atomic E-state index is 12.7. The van der Waals surface area contributed by atoms with E-state index in [1.165, 1.54) is 12.3 Å². The maximum absolute atomic E-state index is 12.7. The van der Waals surface area contributed by atoms with Crippen LogP contribution in [0.5, 0.6) is 0 Å². The van der Waals surface area contributed by atoms with Gasteiger partial charge in [0.2, 0.25) is 0 Å². The number of alkyl halides is 3. The molecule has 0 saturated carbocycles. The summed E-state index contributed by atoms with van der Waals surface area (Å²) in [5.74, 6) is 0.0974. The Balaban J connectivity index is 1.67. The summed E-state index contributed by atoms with van der Waals surface area (Å²) in [5.41, 5.74) is -0.469. The molecule has 1 aliphatic rings. The van der Waals surface area contributed by atoms with Crippen LogP contribution in [-0.4, -0.2) is 47.0 Å². The van der Waals surface area contributed by atoms with Gasteiger partial charge in [-0.3, -0.25) is 4.79 Å². The summed E-state index contributed by atoms with van der Waals surface area (Å²) < 4.78 is 38.1. The van der Waals surface area contributed by atoms with Gasteiger partial charge in [-0.25, -0.2) is 9.97 Å².